The van der Waals surface area contributed by atoms with Gasteiger partial charge in [0, 0.05) is 11.6 Å². The summed E-state index contributed by atoms with van der Waals surface area (Å²) in [6, 6.07) is 9.28. The van der Waals surface area contributed by atoms with Crippen molar-refractivity contribution in [2.45, 2.75) is 18.1 Å². The van der Waals surface area contributed by atoms with Gasteiger partial charge in [-0.15, -0.1) is 0 Å². The molecule has 1 aliphatic heterocycles. The second-order valence-electron chi connectivity index (χ2n) is 4.98. The minimum atomic E-state index is -3.36. The largest absolute Gasteiger partial charge is 0.317 e. The van der Waals surface area contributed by atoms with E-state index >= 15 is 0 Å². The molecule has 0 amide bonds. The Kier molecular flexibility index (Phi) is 3.58. The van der Waals surface area contributed by atoms with E-state index < -0.39 is 10.0 Å². The molecule has 1 aromatic carbocycles. The molecule has 6 heteroatoms. The average molecular weight is 291 g/mol. The minimum Gasteiger partial charge on any atom is -0.317 e. The molecule has 1 fully saturated rings. The van der Waals surface area contributed by atoms with Gasteiger partial charge in [-0.3, -0.25) is 9.71 Å². The van der Waals surface area contributed by atoms with Gasteiger partial charge in [-0.25, -0.2) is 8.42 Å². The van der Waals surface area contributed by atoms with Crippen LogP contribution in [0.1, 0.15) is 12.8 Å². The van der Waals surface area contributed by atoms with Crippen LogP contribution in [0.3, 0.4) is 0 Å². The maximum Gasteiger partial charge on any atom is 0.235 e. The van der Waals surface area contributed by atoms with Gasteiger partial charge in [-0.05, 0) is 38.1 Å². The molecule has 0 bridgehead atoms. The first kappa shape index (κ1) is 13.3. The van der Waals surface area contributed by atoms with Gasteiger partial charge in [0.1, 0.15) is 0 Å². The van der Waals surface area contributed by atoms with Crippen LogP contribution in [0.4, 0.5) is 5.69 Å². The molecule has 5 nitrogen and oxygen atoms in total. The highest BCUT2D eigenvalue weighted by Gasteiger charge is 2.27. The fraction of sp³-hybridized carbons (Fsp3) is 0.357. The van der Waals surface area contributed by atoms with E-state index in [1.807, 2.05) is 24.3 Å². The van der Waals surface area contributed by atoms with Crippen LogP contribution in [-0.2, 0) is 10.0 Å². The third-order valence-electron chi connectivity index (χ3n) is 3.61. The molecular weight excluding hydrogens is 274 g/mol. The number of rotatable bonds is 3. The molecule has 3 rings (SSSR count). The van der Waals surface area contributed by atoms with Crippen molar-refractivity contribution in [3.8, 4) is 0 Å². The van der Waals surface area contributed by atoms with E-state index in [0.717, 1.165) is 18.5 Å². The van der Waals surface area contributed by atoms with Gasteiger partial charge < -0.3 is 5.32 Å². The molecule has 2 heterocycles. The third kappa shape index (κ3) is 2.62. The third-order valence-corrected chi connectivity index (χ3v) is 5.46. The summed E-state index contributed by atoms with van der Waals surface area (Å²) >= 11 is 0. The summed E-state index contributed by atoms with van der Waals surface area (Å²) in [6.07, 6.45) is 2.96. The van der Waals surface area contributed by atoms with Gasteiger partial charge in [0.2, 0.25) is 10.0 Å². The zero-order valence-corrected chi connectivity index (χ0v) is 11.9. The van der Waals surface area contributed by atoms with Gasteiger partial charge in [-0.2, -0.15) is 0 Å². The topological polar surface area (TPSA) is 71.1 Å². The molecule has 0 spiro atoms. The SMILES string of the molecule is O=S(=O)(Nc1cccc2cccnc12)C1CCNCC1. The van der Waals surface area contributed by atoms with E-state index in [-0.39, 0.29) is 5.25 Å². The van der Waals surface area contributed by atoms with E-state index in [4.69, 9.17) is 0 Å². The molecule has 0 atom stereocenters. The molecule has 1 aromatic heterocycles. The first-order chi connectivity index (χ1) is 9.67. The van der Waals surface area contributed by atoms with Crippen LogP contribution >= 0.6 is 0 Å². The van der Waals surface area contributed by atoms with Crippen LogP contribution in [0.25, 0.3) is 10.9 Å². The molecule has 1 aliphatic rings. The van der Waals surface area contributed by atoms with Crippen molar-refractivity contribution >= 4 is 26.6 Å². The number of anilines is 1. The number of benzene rings is 1. The summed E-state index contributed by atoms with van der Waals surface area (Å²) in [7, 11) is -3.36. The van der Waals surface area contributed by atoms with Crippen LogP contribution in [0, 0.1) is 0 Å². The van der Waals surface area contributed by atoms with Crippen LogP contribution in [0.5, 0.6) is 0 Å². The minimum absolute atomic E-state index is 0.331. The smallest absolute Gasteiger partial charge is 0.235 e. The number of piperidine rings is 1. The normalized spacial score (nSPS) is 17.2. The lowest BCUT2D eigenvalue weighted by Gasteiger charge is -2.23. The second kappa shape index (κ2) is 5.38. The standard InChI is InChI=1S/C14H17N3O2S/c18-20(19,12-6-9-15-10-7-12)17-13-5-1-3-11-4-2-8-16-14(11)13/h1-5,8,12,15,17H,6-7,9-10H2. The highest BCUT2D eigenvalue weighted by atomic mass is 32.2. The number of nitrogens with one attached hydrogen (secondary N) is 2. The number of pyridine rings is 1. The number of para-hydroxylation sites is 1. The molecule has 0 unspecified atom stereocenters. The number of hydrogen-bond donors (Lipinski definition) is 2. The van der Waals surface area contributed by atoms with E-state index in [9.17, 15) is 8.42 Å². The van der Waals surface area contributed by atoms with E-state index in [1.54, 1.807) is 12.3 Å². The van der Waals surface area contributed by atoms with Crippen molar-refractivity contribution in [3.63, 3.8) is 0 Å². The van der Waals surface area contributed by atoms with Gasteiger partial charge in [0.15, 0.2) is 0 Å². The van der Waals surface area contributed by atoms with E-state index in [0.29, 0.717) is 24.0 Å². The highest BCUT2D eigenvalue weighted by Crippen LogP contribution is 2.24. The first-order valence-electron chi connectivity index (χ1n) is 6.73. The lowest BCUT2D eigenvalue weighted by atomic mass is 10.2. The lowest BCUT2D eigenvalue weighted by molar-refractivity contribution is 0.499. The number of hydrogen-bond acceptors (Lipinski definition) is 4. The monoisotopic (exact) mass is 291 g/mol. The molecule has 1 saturated heterocycles. The Hall–Kier alpha value is -1.66. The van der Waals surface area contributed by atoms with Crippen LogP contribution in [-0.4, -0.2) is 31.7 Å². The van der Waals surface area contributed by atoms with E-state index in [1.165, 1.54) is 0 Å². The Bertz CT molecular complexity index is 704. The summed E-state index contributed by atoms with van der Waals surface area (Å²) in [6.45, 7) is 1.50. The molecular formula is C14H17N3O2S. The predicted octanol–water partition coefficient (Wildman–Crippen LogP) is 1.73. The number of nitrogens with zero attached hydrogens (tertiary/aromatic N) is 1. The maximum absolute atomic E-state index is 12.4. The molecule has 106 valence electrons. The Morgan fingerprint density at radius 1 is 1.15 bits per heavy atom. The number of sulfonamides is 1. The van der Waals surface area contributed by atoms with Gasteiger partial charge >= 0.3 is 0 Å². The summed E-state index contributed by atoms with van der Waals surface area (Å²) in [5.41, 5.74) is 1.24. The van der Waals surface area contributed by atoms with E-state index in [2.05, 4.69) is 15.0 Å². The van der Waals surface area contributed by atoms with Gasteiger partial charge in [0.25, 0.3) is 0 Å². The van der Waals surface area contributed by atoms with Crippen LogP contribution in [0.15, 0.2) is 36.5 Å². The van der Waals surface area contributed by atoms with Crippen molar-refractivity contribution in [1.82, 2.24) is 10.3 Å². The van der Waals surface area contributed by atoms with Crippen LogP contribution < -0.4 is 10.0 Å². The molecule has 0 aliphatic carbocycles. The molecule has 0 saturated carbocycles. The molecule has 2 N–H and O–H groups in total. The quantitative estimate of drug-likeness (QED) is 0.903. The number of aromatic nitrogens is 1. The fourth-order valence-electron chi connectivity index (χ4n) is 2.53. The summed E-state index contributed by atoms with van der Waals surface area (Å²) in [4.78, 5) is 4.27. The number of fused-ring (bicyclic) bond motifs is 1. The summed E-state index contributed by atoms with van der Waals surface area (Å²) in [5, 5.41) is 3.77. The first-order valence-corrected chi connectivity index (χ1v) is 8.27. The zero-order valence-electron chi connectivity index (χ0n) is 11.0. The Labute approximate surface area is 118 Å². The Morgan fingerprint density at radius 3 is 2.70 bits per heavy atom. The Balaban J connectivity index is 1.92. The van der Waals surface area contributed by atoms with Crippen molar-refractivity contribution in [2.24, 2.45) is 0 Å². The van der Waals surface area contributed by atoms with Crippen molar-refractivity contribution in [3.05, 3.63) is 36.5 Å². The second-order valence-corrected chi connectivity index (χ2v) is 6.94. The van der Waals surface area contributed by atoms with Crippen LogP contribution in [0.2, 0.25) is 0 Å². The lowest BCUT2D eigenvalue weighted by Crippen LogP contribution is -2.38. The average Bonchev–Trinajstić information content (AvgIpc) is 2.48. The van der Waals surface area contributed by atoms with Crippen molar-refractivity contribution < 1.29 is 8.42 Å². The fourth-order valence-corrected chi connectivity index (χ4v) is 4.02. The van der Waals surface area contributed by atoms with Gasteiger partial charge in [0.05, 0.1) is 16.5 Å². The zero-order chi connectivity index (χ0) is 14.0. The van der Waals surface area contributed by atoms with Gasteiger partial charge in [-0.1, -0.05) is 18.2 Å². The molecule has 2 aromatic rings. The molecule has 0 radical (unpaired) electrons. The maximum atomic E-state index is 12.4. The van der Waals surface area contributed by atoms with Crippen molar-refractivity contribution in [1.29, 1.82) is 0 Å². The molecule has 20 heavy (non-hydrogen) atoms. The Morgan fingerprint density at radius 2 is 1.90 bits per heavy atom. The summed E-state index contributed by atoms with van der Waals surface area (Å²) < 4.78 is 27.6. The van der Waals surface area contributed by atoms with Crippen molar-refractivity contribution in [2.75, 3.05) is 17.8 Å². The summed E-state index contributed by atoms with van der Waals surface area (Å²) in [5.74, 6) is 0. The highest BCUT2D eigenvalue weighted by molar-refractivity contribution is 7.93. The predicted molar refractivity (Wildman–Crippen MR) is 80.2 cm³/mol.